The topological polar surface area (TPSA) is 44.8 Å². The van der Waals surface area contributed by atoms with Crippen molar-refractivity contribution in [1.82, 2.24) is 15.1 Å². The minimum absolute atomic E-state index is 0.310. The van der Waals surface area contributed by atoms with Crippen LogP contribution in [0.25, 0.3) is 0 Å². The highest BCUT2D eigenvalue weighted by molar-refractivity contribution is 5.83. The third-order valence-corrected chi connectivity index (χ3v) is 4.99. The van der Waals surface area contributed by atoms with Gasteiger partial charge in [-0.25, -0.2) is 0 Å². The van der Waals surface area contributed by atoms with Gasteiger partial charge in [0.05, 0.1) is 12.0 Å². The van der Waals surface area contributed by atoms with Gasteiger partial charge in [0.1, 0.15) is 0 Å². The molecule has 108 valence electrons. The molecule has 3 saturated heterocycles. The molecule has 0 radical (unpaired) electrons. The fourth-order valence-electron chi connectivity index (χ4n) is 3.90. The Hall–Kier alpha value is -0.650. The first-order valence-electron chi connectivity index (χ1n) is 7.48. The molecule has 0 bridgehead atoms. The fraction of sp³-hybridized carbons (Fsp3) is 0.929. The summed E-state index contributed by atoms with van der Waals surface area (Å²) in [6.45, 7) is 6.32. The number of amides is 1. The second-order valence-corrected chi connectivity index (χ2v) is 6.22. The maximum atomic E-state index is 12.9. The number of carbonyl (C=O) groups excluding carboxylic acids is 1. The summed E-state index contributed by atoms with van der Waals surface area (Å²) in [5.74, 6) is 0.311. The zero-order valence-electron chi connectivity index (χ0n) is 11.9. The molecule has 0 aromatic heterocycles. The van der Waals surface area contributed by atoms with E-state index in [9.17, 15) is 4.79 Å². The number of hydrogen-bond acceptors (Lipinski definition) is 4. The second kappa shape index (κ2) is 5.38. The van der Waals surface area contributed by atoms with Gasteiger partial charge in [-0.1, -0.05) is 0 Å². The zero-order chi connectivity index (χ0) is 13.3. The average Bonchev–Trinajstić information content (AvgIpc) is 3.06. The van der Waals surface area contributed by atoms with Crippen LogP contribution in [-0.2, 0) is 9.53 Å². The number of ether oxygens (including phenoxy) is 1. The van der Waals surface area contributed by atoms with Gasteiger partial charge in [-0.15, -0.1) is 0 Å². The van der Waals surface area contributed by atoms with Crippen molar-refractivity contribution in [2.45, 2.75) is 25.3 Å². The van der Waals surface area contributed by atoms with E-state index >= 15 is 0 Å². The molecular weight excluding hydrogens is 242 g/mol. The quantitative estimate of drug-likeness (QED) is 0.777. The smallest absolute Gasteiger partial charge is 0.232 e. The molecule has 3 aliphatic rings. The molecule has 0 aromatic carbocycles. The average molecular weight is 267 g/mol. The number of nitrogens with one attached hydrogen (secondary N) is 1. The van der Waals surface area contributed by atoms with Gasteiger partial charge in [0.15, 0.2) is 0 Å². The molecule has 2 atom stereocenters. The maximum absolute atomic E-state index is 12.9. The minimum atomic E-state index is -0.310. The summed E-state index contributed by atoms with van der Waals surface area (Å²) in [5.41, 5.74) is -0.310. The van der Waals surface area contributed by atoms with Crippen molar-refractivity contribution < 1.29 is 9.53 Å². The van der Waals surface area contributed by atoms with Crippen molar-refractivity contribution in [1.29, 1.82) is 0 Å². The number of fused-ring (bicyclic) bond motifs is 1. The van der Waals surface area contributed by atoms with Gasteiger partial charge in [0, 0.05) is 39.3 Å². The number of hydrogen-bond donors (Lipinski definition) is 1. The molecular formula is C14H25N3O2. The van der Waals surface area contributed by atoms with Crippen molar-refractivity contribution in [3.63, 3.8) is 0 Å². The molecule has 3 fully saturated rings. The summed E-state index contributed by atoms with van der Waals surface area (Å²) in [7, 11) is 1.70. The second-order valence-electron chi connectivity index (χ2n) is 6.22. The first kappa shape index (κ1) is 13.3. The van der Waals surface area contributed by atoms with Gasteiger partial charge in [0.25, 0.3) is 0 Å². The van der Waals surface area contributed by atoms with E-state index in [0.29, 0.717) is 18.6 Å². The summed E-state index contributed by atoms with van der Waals surface area (Å²) in [6, 6.07) is 0.603. The van der Waals surface area contributed by atoms with E-state index in [-0.39, 0.29) is 5.41 Å². The Morgan fingerprint density at radius 1 is 1.42 bits per heavy atom. The van der Waals surface area contributed by atoms with Crippen LogP contribution in [0.4, 0.5) is 0 Å². The molecule has 1 amide bonds. The van der Waals surface area contributed by atoms with Gasteiger partial charge < -0.3 is 15.0 Å². The first-order valence-corrected chi connectivity index (χ1v) is 7.48. The first-order chi connectivity index (χ1) is 9.25. The molecule has 0 saturated carbocycles. The van der Waals surface area contributed by atoms with Crippen LogP contribution in [0, 0.1) is 5.41 Å². The molecule has 3 rings (SSSR count). The summed E-state index contributed by atoms with van der Waals surface area (Å²) >= 11 is 0. The van der Waals surface area contributed by atoms with E-state index in [1.165, 1.54) is 19.4 Å². The lowest BCUT2D eigenvalue weighted by molar-refractivity contribution is -0.146. The molecule has 1 N–H and O–H groups in total. The van der Waals surface area contributed by atoms with Gasteiger partial charge in [0.2, 0.25) is 5.91 Å². The van der Waals surface area contributed by atoms with Crippen LogP contribution in [0.1, 0.15) is 19.3 Å². The van der Waals surface area contributed by atoms with Crippen molar-refractivity contribution in [3.05, 3.63) is 0 Å². The number of rotatable bonds is 3. The standard InChI is InChI=1S/C14H25N3O2/c1-19-11-14(4-5-15-10-14)13(18)17-8-7-16-6-2-3-12(16)9-17/h12,15H,2-11H2,1H3. The summed E-state index contributed by atoms with van der Waals surface area (Å²) in [5, 5.41) is 3.33. The van der Waals surface area contributed by atoms with Crippen LogP contribution in [0.5, 0.6) is 0 Å². The van der Waals surface area contributed by atoms with Crippen LogP contribution < -0.4 is 5.32 Å². The highest BCUT2D eigenvalue weighted by atomic mass is 16.5. The molecule has 3 heterocycles. The predicted octanol–water partition coefficient (Wildman–Crippen LogP) is -0.0809. The molecule has 5 nitrogen and oxygen atoms in total. The van der Waals surface area contributed by atoms with E-state index in [1.54, 1.807) is 7.11 Å². The lowest BCUT2D eigenvalue weighted by atomic mass is 9.86. The highest BCUT2D eigenvalue weighted by Gasteiger charge is 2.45. The van der Waals surface area contributed by atoms with E-state index in [2.05, 4.69) is 15.1 Å². The number of nitrogens with zero attached hydrogens (tertiary/aromatic N) is 2. The van der Waals surface area contributed by atoms with E-state index < -0.39 is 0 Å². The number of methoxy groups -OCH3 is 1. The Bertz CT molecular complexity index is 342. The van der Waals surface area contributed by atoms with Crippen LogP contribution in [0.3, 0.4) is 0 Å². The molecule has 3 aliphatic heterocycles. The van der Waals surface area contributed by atoms with Gasteiger partial charge in [-0.2, -0.15) is 0 Å². The van der Waals surface area contributed by atoms with Crippen LogP contribution in [-0.4, -0.2) is 74.7 Å². The Kier molecular flexibility index (Phi) is 3.78. The largest absolute Gasteiger partial charge is 0.384 e. The molecule has 0 spiro atoms. The van der Waals surface area contributed by atoms with Crippen molar-refractivity contribution in [3.8, 4) is 0 Å². The zero-order valence-corrected chi connectivity index (χ0v) is 11.9. The van der Waals surface area contributed by atoms with E-state index in [1.807, 2.05) is 0 Å². The van der Waals surface area contributed by atoms with Crippen LogP contribution >= 0.6 is 0 Å². The SMILES string of the molecule is COCC1(C(=O)N2CCN3CCCC3C2)CCNC1. The molecule has 0 aliphatic carbocycles. The lowest BCUT2D eigenvalue weighted by Gasteiger charge is -2.41. The summed E-state index contributed by atoms with van der Waals surface area (Å²) in [6.07, 6.45) is 3.45. The molecule has 0 aromatic rings. The Morgan fingerprint density at radius 2 is 2.32 bits per heavy atom. The highest BCUT2D eigenvalue weighted by Crippen LogP contribution is 2.31. The Labute approximate surface area is 115 Å². The van der Waals surface area contributed by atoms with Crippen molar-refractivity contribution >= 4 is 5.91 Å². The number of piperazine rings is 1. The number of carbonyl (C=O) groups is 1. The predicted molar refractivity (Wildman–Crippen MR) is 73.0 cm³/mol. The van der Waals surface area contributed by atoms with E-state index in [0.717, 1.165) is 39.1 Å². The monoisotopic (exact) mass is 267 g/mol. The van der Waals surface area contributed by atoms with Gasteiger partial charge in [-0.05, 0) is 32.4 Å². The van der Waals surface area contributed by atoms with Crippen molar-refractivity contribution in [2.75, 3.05) is 53.0 Å². The minimum Gasteiger partial charge on any atom is -0.384 e. The Morgan fingerprint density at radius 3 is 3.05 bits per heavy atom. The van der Waals surface area contributed by atoms with Crippen LogP contribution in [0.2, 0.25) is 0 Å². The van der Waals surface area contributed by atoms with E-state index in [4.69, 9.17) is 4.74 Å². The van der Waals surface area contributed by atoms with Gasteiger partial charge in [-0.3, -0.25) is 9.69 Å². The summed E-state index contributed by atoms with van der Waals surface area (Å²) in [4.78, 5) is 17.5. The Balaban J connectivity index is 1.68. The lowest BCUT2D eigenvalue weighted by Crippen LogP contribution is -2.57. The third kappa shape index (κ3) is 2.39. The molecule has 5 heteroatoms. The molecule has 2 unspecified atom stereocenters. The normalized spacial score (nSPS) is 35.6. The van der Waals surface area contributed by atoms with Crippen LogP contribution in [0.15, 0.2) is 0 Å². The fourth-order valence-corrected chi connectivity index (χ4v) is 3.90. The summed E-state index contributed by atoms with van der Waals surface area (Å²) < 4.78 is 5.33. The van der Waals surface area contributed by atoms with Gasteiger partial charge >= 0.3 is 0 Å². The molecule has 19 heavy (non-hydrogen) atoms. The maximum Gasteiger partial charge on any atom is 0.232 e. The van der Waals surface area contributed by atoms with Crippen molar-refractivity contribution in [2.24, 2.45) is 5.41 Å². The third-order valence-electron chi connectivity index (χ3n) is 4.99.